The molecule has 3 rings (SSSR count). The molecule has 0 bridgehead atoms. The first-order valence-electron chi connectivity index (χ1n) is 10.6. The molecule has 0 saturated heterocycles. The first-order chi connectivity index (χ1) is 16.7. The van der Waals surface area contributed by atoms with Crippen molar-refractivity contribution in [1.82, 2.24) is 10.2 Å². The summed E-state index contributed by atoms with van der Waals surface area (Å²) in [7, 11) is 0. The van der Waals surface area contributed by atoms with Gasteiger partial charge in [-0.2, -0.15) is 13.9 Å². The second-order valence-electron chi connectivity index (χ2n) is 7.14. The number of aromatic nitrogens is 2. The molecule has 35 heavy (non-hydrogen) atoms. The Morgan fingerprint density at radius 2 is 1.83 bits per heavy atom. The highest BCUT2D eigenvalue weighted by molar-refractivity contribution is 7.18. The van der Waals surface area contributed by atoms with Crippen molar-refractivity contribution in [3.63, 3.8) is 0 Å². The average molecular weight is 508 g/mol. The van der Waals surface area contributed by atoms with Crippen molar-refractivity contribution in [3.8, 4) is 17.0 Å². The SMILES string of the molecule is CCCOC(=O)c1c(NC(=O)c2cc(-c3ccc(OC(F)F)cc3)n[nH]2)sc(C(=O)OCC)c1C. The Labute approximate surface area is 203 Å². The van der Waals surface area contributed by atoms with E-state index in [1.165, 1.54) is 30.3 Å². The number of amides is 1. The van der Waals surface area contributed by atoms with E-state index in [1.54, 1.807) is 13.8 Å². The Bertz CT molecular complexity index is 1210. The van der Waals surface area contributed by atoms with E-state index in [-0.39, 0.29) is 40.1 Å². The van der Waals surface area contributed by atoms with E-state index in [2.05, 4.69) is 20.3 Å². The standard InChI is InChI=1S/C23H23F2N3O6S/c1-4-10-33-21(30)17-12(3)18(22(31)32-5-2)35-20(17)26-19(29)16-11-15(27-28-16)13-6-8-14(9-7-13)34-23(24)25/h6-9,11,23H,4-5,10H2,1-3H3,(H,26,29)(H,27,28). The topological polar surface area (TPSA) is 120 Å². The second kappa shape index (κ2) is 11.6. The molecule has 0 atom stereocenters. The minimum Gasteiger partial charge on any atom is -0.462 e. The number of halogens is 2. The second-order valence-corrected chi connectivity index (χ2v) is 8.16. The summed E-state index contributed by atoms with van der Waals surface area (Å²) >= 11 is 0.912. The van der Waals surface area contributed by atoms with Gasteiger partial charge in [-0.25, -0.2) is 9.59 Å². The van der Waals surface area contributed by atoms with Gasteiger partial charge in [0, 0.05) is 5.56 Å². The lowest BCUT2D eigenvalue weighted by atomic mass is 10.1. The number of nitrogens with zero attached hydrogens (tertiary/aromatic N) is 1. The van der Waals surface area contributed by atoms with Gasteiger partial charge in [-0.15, -0.1) is 11.3 Å². The molecule has 0 saturated carbocycles. The first-order valence-corrected chi connectivity index (χ1v) is 11.5. The fourth-order valence-electron chi connectivity index (χ4n) is 3.07. The summed E-state index contributed by atoms with van der Waals surface area (Å²) in [5.74, 6) is -1.89. The number of alkyl halides is 2. The van der Waals surface area contributed by atoms with Gasteiger partial charge in [0.2, 0.25) is 0 Å². The van der Waals surface area contributed by atoms with Gasteiger partial charge >= 0.3 is 18.6 Å². The zero-order chi connectivity index (χ0) is 25.5. The third kappa shape index (κ3) is 6.21. The highest BCUT2D eigenvalue weighted by atomic mass is 32.1. The van der Waals surface area contributed by atoms with Crippen molar-refractivity contribution in [2.75, 3.05) is 18.5 Å². The monoisotopic (exact) mass is 507 g/mol. The van der Waals surface area contributed by atoms with Crippen LogP contribution in [0.25, 0.3) is 11.3 Å². The van der Waals surface area contributed by atoms with Crippen molar-refractivity contribution in [2.45, 2.75) is 33.8 Å². The van der Waals surface area contributed by atoms with Crippen LogP contribution in [0.1, 0.15) is 56.3 Å². The summed E-state index contributed by atoms with van der Waals surface area (Å²) in [6.45, 7) is 2.48. The van der Waals surface area contributed by atoms with Crippen LogP contribution in [0.4, 0.5) is 13.8 Å². The average Bonchev–Trinajstić information content (AvgIpc) is 3.43. The number of nitrogens with one attached hydrogen (secondary N) is 2. The van der Waals surface area contributed by atoms with Crippen LogP contribution in [0, 0.1) is 6.92 Å². The summed E-state index contributed by atoms with van der Waals surface area (Å²) in [6, 6.07) is 7.21. The molecule has 0 aliphatic carbocycles. The van der Waals surface area contributed by atoms with Gasteiger partial charge in [0.25, 0.3) is 5.91 Å². The number of rotatable bonds is 10. The van der Waals surface area contributed by atoms with Gasteiger partial charge < -0.3 is 19.5 Å². The number of carbonyl (C=O) groups is 3. The zero-order valence-corrected chi connectivity index (χ0v) is 20.0. The Balaban J connectivity index is 1.84. The normalized spacial score (nSPS) is 10.8. The molecule has 12 heteroatoms. The summed E-state index contributed by atoms with van der Waals surface area (Å²) in [4.78, 5) is 38.0. The van der Waals surface area contributed by atoms with E-state index in [1.807, 2.05) is 6.92 Å². The summed E-state index contributed by atoms with van der Waals surface area (Å²) < 4.78 is 39.2. The van der Waals surface area contributed by atoms with E-state index in [4.69, 9.17) is 9.47 Å². The van der Waals surface area contributed by atoms with Gasteiger partial charge in [-0.05, 0) is 56.2 Å². The Hall–Kier alpha value is -3.80. The lowest BCUT2D eigenvalue weighted by Gasteiger charge is -2.07. The molecular weight excluding hydrogens is 484 g/mol. The van der Waals surface area contributed by atoms with E-state index < -0.39 is 24.5 Å². The third-order valence-electron chi connectivity index (χ3n) is 4.67. The van der Waals surface area contributed by atoms with Gasteiger partial charge in [0.15, 0.2) is 0 Å². The smallest absolute Gasteiger partial charge is 0.387 e. The molecular formula is C23H23F2N3O6S. The van der Waals surface area contributed by atoms with Crippen molar-refractivity contribution in [2.24, 2.45) is 0 Å². The van der Waals surface area contributed by atoms with Gasteiger partial charge in [-0.3, -0.25) is 9.89 Å². The molecule has 186 valence electrons. The third-order valence-corrected chi connectivity index (χ3v) is 5.86. The molecule has 2 heterocycles. The van der Waals surface area contributed by atoms with Crippen molar-refractivity contribution >= 4 is 34.2 Å². The molecule has 0 aliphatic heterocycles. The highest BCUT2D eigenvalue weighted by Gasteiger charge is 2.28. The van der Waals surface area contributed by atoms with Crippen molar-refractivity contribution in [1.29, 1.82) is 0 Å². The molecule has 0 radical (unpaired) electrons. The number of anilines is 1. The summed E-state index contributed by atoms with van der Waals surface area (Å²) in [5.41, 5.74) is 1.44. The number of thiophene rings is 1. The first kappa shape index (κ1) is 25.8. The number of ether oxygens (including phenoxy) is 3. The molecule has 0 aliphatic rings. The summed E-state index contributed by atoms with van der Waals surface area (Å²) in [6.07, 6.45) is 0.605. The number of benzene rings is 1. The molecule has 2 N–H and O–H groups in total. The predicted molar refractivity (Wildman–Crippen MR) is 124 cm³/mol. The van der Waals surface area contributed by atoms with Crippen LogP contribution >= 0.6 is 11.3 Å². The maximum Gasteiger partial charge on any atom is 0.387 e. The van der Waals surface area contributed by atoms with E-state index in [9.17, 15) is 23.2 Å². The van der Waals surface area contributed by atoms with E-state index in [0.29, 0.717) is 23.2 Å². The quantitative estimate of drug-likeness (QED) is 0.369. The van der Waals surface area contributed by atoms with Gasteiger partial charge in [0.1, 0.15) is 21.3 Å². The van der Waals surface area contributed by atoms with Crippen LogP contribution in [0.3, 0.4) is 0 Å². The number of hydrogen-bond acceptors (Lipinski definition) is 8. The number of H-pyrrole nitrogens is 1. The van der Waals surface area contributed by atoms with Crippen LogP contribution in [-0.4, -0.2) is 47.9 Å². The lowest BCUT2D eigenvalue weighted by molar-refractivity contribution is -0.0498. The fraction of sp³-hybridized carbons (Fsp3) is 0.304. The number of aromatic amines is 1. The van der Waals surface area contributed by atoms with Crippen molar-refractivity contribution < 1.29 is 37.4 Å². The maximum atomic E-state index is 12.9. The lowest BCUT2D eigenvalue weighted by Crippen LogP contribution is -2.15. The fourth-order valence-corrected chi connectivity index (χ4v) is 4.15. The van der Waals surface area contributed by atoms with Crippen LogP contribution in [0.5, 0.6) is 5.75 Å². The number of hydrogen-bond donors (Lipinski definition) is 2. The predicted octanol–water partition coefficient (Wildman–Crippen LogP) is 5.04. The Morgan fingerprint density at radius 1 is 1.11 bits per heavy atom. The molecule has 0 spiro atoms. The van der Waals surface area contributed by atoms with Crippen molar-refractivity contribution in [3.05, 3.63) is 52.0 Å². The molecule has 3 aromatic rings. The summed E-state index contributed by atoms with van der Waals surface area (Å²) in [5, 5.41) is 9.45. The highest BCUT2D eigenvalue weighted by Crippen LogP contribution is 2.35. The van der Waals surface area contributed by atoms with Crippen LogP contribution in [0.15, 0.2) is 30.3 Å². The van der Waals surface area contributed by atoms with Crippen LogP contribution in [-0.2, 0) is 9.47 Å². The molecule has 9 nitrogen and oxygen atoms in total. The molecule has 0 fully saturated rings. The molecule has 0 unspecified atom stereocenters. The van der Waals surface area contributed by atoms with Crippen LogP contribution < -0.4 is 10.1 Å². The molecule has 2 aromatic heterocycles. The van der Waals surface area contributed by atoms with E-state index in [0.717, 1.165) is 11.3 Å². The zero-order valence-electron chi connectivity index (χ0n) is 19.1. The van der Waals surface area contributed by atoms with Crippen LogP contribution in [0.2, 0.25) is 0 Å². The van der Waals surface area contributed by atoms with Gasteiger partial charge in [-0.1, -0.05) is 6.92 Å². The minimum absolute atomic E-state index is 0.00906. The number of esters is 2. The van der Waals surface area contributed by atoms with Gasteiger partial charge in [0.05, 0.1) is 24.5 Å². The Kier molecular flexibility index (Phi) is 8.53. The largest absolute Gasteiger partial charge is 0.462 e. The maximum absolute atomic E-state index is 12.9. The Morgan fingerprint density at radius 3 is 2.46 bits per heavy atom. The number of carbonyl (C=O) groups excluding carboxylic acids is 3. The van der Waals surface area contributed by atoms with E-state index >= 15 is 0 Å². The molecule has 1 amide bonds. The molecule has 1 aromatic carbocycles. The minimum atomic E-state index is -2.93.